The molecule has 0 aromatic carbocycles. The van der Waals surface area contributed by atoms with Gasteiger partial charge in [-0.25, -0.2) is 0 Å². The van der Waals surface area contributed by atoms with Crippen molar-refractivity contribution in [1.29, 1.82) is 0 Å². The van der Waals surface area contributed by atoms with Gasteiger partial charge >= 0.3 is 0 Å². The maximum Gasteiger partial charge on any atom is 0.0811 e. The van der Waals surface area contributed by atoms with Crippen molar-refractivity contribution >= 4 is 0 Å². The number of aliphatic hydroxyl groups excluding tert-OH is 1. The second-order valence-electron chi connectivity index (χ2n) is 5.22. The number of aliphatic hydroxyl groups is 1. The highest BCUT2D eigenvalue weighted by atomic mass is 16.5. The lowest BCUT2D eigenvalue weighted by Crippen LogP contribution is -2.45. The Balaban J connectivity index is 2.43. The standard InChI is InChI=1S/C12H25NO2/c1-9(14)10(2)15-12(3,8-13)7-11-5-4-6-11/h9-11,14H,4-8,13H2,1-3H3. The molecule has 0 radical (unpaired) electrons. The third-order valence-corrected chi connectivity index (χ3v) is 3.53. The van der Waals surface area contributed by atoms with Gasteiger partial charge in [-0.3, -0.25) is 0 Å². The van der Waals surface area contributed by atoms with Crippen molar-refractivity contribution in [3.8, 4) is 0 Å². The molecular formula is C12H25NO2. The molecule has 1 aliphatic carbocycles. The van der Waals surface area contributed by atoms with Crippen LogP contribution in [0.1, 0.15) is 46.5 Å². The minimum atomic E-state index is -0.433. The molecule has 0 spiro atoms. The predicted molar refractivity (Wildman–Crippen MR) is 61.6 cm³/mol. The van der Waals surface area contributed by atoms with E-state index >= 15 is 0 Å². The van der Waals surface area contributed by atoms with Crippen molar-refractivity contribution in [2.45, 2.75) is 64.3 Å². The van der Waals surface area contributed by atoms with E-state index in [1.165, 1.54) is 19.3 Å². The summed E-state index contributed by atoms with van der Waals surface area (Å²) in [5.41, 5.74) is 5.51. The fourth-order valence-corrected chi connectivity index (χ4v) is 2.03. The van der Waals surface area contributed by atoms with Crippen LogP contribution < -0.4 is 5.73 Å². The number of rotatable bonds is 6. The van der Waals surface area contributed by atoms with Gasteiger partial charge in [0.1, 0.15) is 0 Å². The van der Waals surface area contributed by atoms with Gasteiger partial charge in [-0.15, -0.1) is 0 Å². The van der Waals surface area contributed by atoms with Crippen LogP contribution in [0.15, 0.2) is 0 Å². The zero-order valence-electron chi connectivity index (χ0n) is 10.2. The summed E-state index contributed by atoms with van der Waals surface area (Å²) in [6.45, 7) is 6.25. The lowest BCUT2D eigenvalue weighted by molar-refractivity contribution is -0.122. The summed E-state index contributed by atoms with van der Waals surface area (Å²) in [6, 6.07) is 0. The SMILES string of the molecule is CC(O)C(C)OC(C)(CN)CC1CCC1. The molecule has 15 heavy (non-hydrogen) atoms. The van der Waals surface area contributed by atoms with Crippen molar-refractivity contribution in [2.24, 2.45) is 11.7 Å². The summed E-state index contributed by atoms with van der Waals surface area (Å²) >= 11 is 0. The lowest BCUT2D eigenvalue weighted by Gasteiger charge is -2.38. The van der Waals surface area contributed by atoms with Gasteiger partial charge < -0.3 is 15.6 Å². The van der Waals surface area contributed by atoms with Crippen molar-refractivity contribution in [1.82, 2.24) is 0 Å². The number of hydrogen-bond donors (Lipinski definition) is 2. The Hall–Kier alpha value is -0.120. The highest BCUT2D eigenvalue weighted by molar-refractivity contribution is 4.85. The van der Waals surface area contributed by atoms with Crippen LogP contribution in [0.4, 0.5) is 0 Å². The molecule has 1 fully saturated rings. The molecule has 3 unspecified atom stereocenters. The Labute approximate surface area is 93.0 Å². The van der Waals surface area contributed by atoms with Gasteiger partial charge in [0.2, 0.25) is 0 Å². The molecule has 1 rings (SSSR count). The molecule has 0 aliphatic heterocycles. The Morgan fingerprint density at radius 2 is 2.07 bits per heavy atom. The topological polar surface area (TPSA) is 55.5 Å². The molecule has 0 bridgehead atoms. The fourth-order valence-electron chi connectivity index (χ4n) is 2.03. The summed E-state index contributed by atoms with van der Waals surface area (Å²) in [7, 11) is 0. The second kappa shape index (κ2) is 5.28. The quantitative estimate of drug-likeness (QED) is 0.709. The maximum atomic E-state index is 9.42. The average Bonchev–Trinajstić information content (AvgIpc) is 2.11. The molecule has 0 saturated heterocycles. The normalized spacial score (nSPS) is 25.4. The van der Waals surface area contributed by atoms with Crippen LogP contribution in [-0.4, -0.2) is 29.5 Å². The molecule has 3 N–H and O–H groups in total. The van der Waals surface area contributed by atoms with E-state index in [1.807, 2.05) is 6.92 Å². The van der Waals surface area contributed by atoms with E-state index < -0.39 is 6.10 Å². The van der Waals surface area contributed by atoms with Gasteiger partial charge in [0, 0.05) is 6.54 Å². The lowest BCUT2D eigenvalue weighted by atomic mass is 9.77. The minimum Gasteiger partial charge on any atom is -0.391 e. The van der Waals surface area contributed by atoms with E-state index in [9.17, 15) is 5.11 Å². The van der Waals surface area contributed by atoms with Crippen LogP contribution in [0.3, 0.4) is 0 Å². The van der Waals surface area contributed by atoms with Gasteiger partial charge in [-0.2, -0.15) is 0 Å². The maximum absolute atomic E-state index is 9.42. The summed E-state index contributed by atoms with van der Waals surface area (Å²) in [4.78, 5) is 0. The van der Waals surface area contributed by atoms with E-state index in [0.29, 0.717) is 6.54 Å². The summed E-state index contributed by atoms with van der Waals surface area (Å²) < 4.78 is 5.88. The van der Waals surface area contributed by atoms with Crippen molar-refractivity contribution in [2.75, 3.05) is 6.54 Å². The summed E-state index contributed by atoms with van der Waals surface area (Å²) in [5.74, 6) is 0.778. The smallest absolute Gasteiger partial charge is 0.0811 e. The average molecular weight is 215 g/mol. The largest absolute Gasteiger partial charge is 0.391 e. The van der Waals surface area contributed by atoms with Gasteiger partial charge in [-0.1, -0.05) is 19.3 Å². The Morgan fingerprint density at radius 3 is 2.40 bits per heavy atom. The van der Waals surface area contributed by atoms with Crippen molar-refractivity contribution in [3.63, 3.8) is 0 Å². The van der Waals surface area contributed by atoms with Crippen LogP contribution in [0.2, 0.25) is 0 Å². The van der Waals surface area contributed by atoms with E-state index in [1.54, 1.807) is 6.92 Å². The molecule has 1 saturated carbocycles. The molecule has 3 atom stereocenters. The molecule has 0 amide bonds. The predicted octanol–water partition coefficient (Wildman–Crippen LogP) is 1.68. The molecule has 3 nitrogen and oxygen atoms in total. The first kappa shape index (κ1) is 12.9. The Bertz CT molecular complexity index is 192. The number of hydrogen-bond acceptors (Lipinski definition) is 3. The molecule has 90 valence electrons. The highest BCUT2D eigenvalue weighted by Gasteiger charge is 2.32. The Morgan fingerprint density at radius 1 is 1.47 bits per heavy atom. The van der Waals surface area contributed by atoms with Crippen LogP contribution in [0.5, 0.6) is 0 Å². The van der Waals surface area contributed by atoms with E-state index in [2.05, 4.69) is 6.92 Å². The van der Waals surface area contributed by atoms with E-state index in [-0.39, 0.29) is 11.7 Å². The van der Waals surface area contributed by atoms with E-state index in [0.717, 1.165) is 12.3 Å². The molecular weight excluding hydrogens is 190 g/mol. The molecule has 0 aromatic rings. The van der Waals surface area contributed by atoms with Crippen LogP contribution in [-0.2, 0) is 4.74 Å². The summed E-state index contributed by atoms with van der Waals surface area (Å²) in [5, 5.41) is 9.42. The number of ether oxygens (including phenoxy) is 1. The van der Waals surface area contributed by atoms with Gasteiger partial charge in [0.05, 0.1) is 17.8 Å². The van der Waals surface area contributed by atoms with Gasteiger partial charge in [-0.05, 0) is 33.1 Å². The zero-order chi connectivity index (χ0) is 11.5. The van der Waals surface area contributed by atoms with Gasteiger partial charge in [0.15, 0.2) is 0 Å². The monoisotopic (exact) mass is 215 g/mol. The van der Waals surface area contributed by atoms with Gasteiger partial charge in [0.25, 0.3) is 0 Å². The highest BCUT2D eigenvalue weighted by Crippen LogP contribution is 2.35. The first-order valence-corrected chi connectivity index (χ1v) is 6.03. The van der Waals surface area contributed by atoms with E-state index in [4.69, 9.17) is 10.5 Å². The minimum absolute atomic E-state index is 0.140. The van der Waals surface area contributed by atoms with Crippen LogP contribution >= 0.6 is 0 Å². The van der Waals surface area contributed by atoms with Crippen LogP contribution in [0.25, 0.3) is 0 Å². The Kier molecular flexibility index (Phi) is 4.56. The third kappa shape index (κ3) is 3.74. The summed E-state index contributed by atoms with van der Waals surface area (Å²) in [6.07, 6.45) is 4.41. The van der Waals surface area contributed by atoms with Crippen molar-refractivity contribution in [3.05, 3.63) is 0 Å². The third-order valence-electron chi connectivity index (χ3n) is 3.53. The first-order valence-electron chi connectivity index (χ1n) is 6.03. The van der Waals surface area contributed by atoms with Crippen molar-refractivity contribution < 1.29 is 9.84 Å². The fraction of sp³-hybridized carbons (Fsp3) is 1.00. The molecule has 3 heteroatoms. The zero-order valence-corrected chi connectivity index (χ0v) is 10.2. The molecule has 1 aliphatic rings. The van der Waals surface area contributed by atoms with Crippen LogP contribution in [0, 0.1) is 5.92 Å². The second-order valence-corrected chi connectivity index (χ2v) is 5.22. The first-order chi connectivity index (χ1) is 6.97. The molecule has 0 aromatic heterocycles. The molecule has 0 heterocycles. The number of nitrogens with two attached hydrogens (primary N) is 1.